The van der Waals surface area contributed by atoms with Crippen molar-refractivity contribution in [1.82, 2.24) is 10.5 Å². The summed E-state index contributed by atoms with van der Waals surface area (Å²) in [4.78, 5) is 12.7. The zero-order valence-electron chi connectivity index (χ0n) is 10.0. The van der Waals surface area contributed by atoms with E-state index in [-0.39, 0.29) is 5.91 Å². The summed E-state index contributed by atoms with van der Waals surface area (Å²) >= 11 is 1.45. The highest BCUT2D eigenvalue weighted by molar-refractivity contribution is 7.12. The fraction of sp³-hybridized carbons (Fsp3) is 0.333. The maximum Gasteiger partial charge on any atom is 0.261 e. The topological polar surface area (TPSA) is 55.1 Å². The van der Waals surface area contributed by atoms with Crippen molar-refractivity contribution in [1.29, 1.82) is 0 Å². The van der Waals surface area contributed by atoms with Gasteiger partial charge >= 0.3 is 0 Å². The second-order valence-corrected chi connectivity index (χ2v) is 4.83. The number of aromatic nitrogens is 1. The fourth-order valence-electron chi connectivity index (χ4n) is 1.61. The average molecular weight is 250 g/mol. The van der Waals surface area contributed by atoms with Crippen LogP contribution in [0.25, 0.3) is 0 Å². The first-order valence-corrected chi connectivity index (χ1v) is 6.21. The van der Waals surface area contributed by atoms with Crippen LogP contribution in [0.4, 0.5) is 0 Å². The Morgan fingerprint density at radius 2 is 2.24 bits per heavy atom. The lowest BCUT2D eigenvalue weighted by molar-refractivity contribution is 0.0954. The van der Waals surface area contributed by atoms with Gasteiger partial charge in [0.2, 0.25) is 0 Å². The maximum absolute atomic E-state index is 11.9. The minimum atomic E-state index is -0.0440. The summed E-state index contributed by atoms with van der Waals surface area (Å²) in [7, 11) is 0. The van der Waals surface area contributed by atoms with Gasteiger partial charge in [-0.3, -0.25) is 4.79 Å². The third-order valence-corrected chi connectivity index (χ3v) is 3.69. The number of carbonyl (C=O) groups excluding carboxylic acids is 1. The van der Waals surface area contributed by atoms with Crippen molar-refractivity contribution in [2.24, 2.45) is 0 Å². The van der Waals surface area contributed by atoms with Crippen LogP contribution in [0.2, 0.25) is 0 Å². The van der Waals surface area contributed by atoms with Gasteiger partial charge in [-0.2, -0.15) is 0 Å². The van der Waals surface area contributed by atoms with Crippen LogP contribution in [0.3, 0.4) is 0 Å². The van der Waals surface area contributed by atoms with E-state index in [1.807, 2.05) is 32.2 Å². The van der Waals surface area contributed by atoms with Gasteiger partial charge in [-0.25, -0.2) is 0 Å². The number of nitrogens with one attached hydrogen (secondary N) is 1. The van der Waals surface area contributed by atoms with Crippen LogP contribution in [0.5, 0.6) is 0 Å². The SMILES string of the molecule is Cc1ccsc1C(=O)NCc1c(C)noc1C. The molecule has 0 aliphatic heterocycles. The van der Waals surface area contributed by atoms with Gasteiger partial charge in [0.25, 0.3) is 5.91 Å². The molecule has 5 heteroatoms. The highest BCUT2D eigenvalue weighted by atomic mass is 32.1. The molecule has 4 nitrogen and oxygen atoms in total. The second-order valence-electron chi connectivity index (χ2n) is 3.92. The number of hydrogen-bond donors (Lipinski definition) is 1. The number of amides is 1. The molecule has 0 aliphatic rings. The van der Waals surface area contributed by atoms with E-state index in [4.69, 9.17) is 4.52 Å². The smallest absolute Gasteiger partial charge is 0.261 e. The number of hydrogen-bond acceptors (Lipinski definition) is 4. The molecule has 17 heavy (non-hydrogen) atoms. The molecular formula is C12H14N2O2S. The summed E-state index contributed by atoms with van der Waals surface area (Å²) in [6, 6.07) is 1.94. The Kier molecular flexibility index (Phi) is 3.28. The van der Waals surface area contributed by atoms with Crippen molar-refractivity contribution in [3.8, 4) is 0 Å². The molecule has 0 saturated heterocycles. The molecule has 2 heterocycles. The van der Waals surface area contributed by atoms with E-state index in [0.29, 0.717) is 6.54 Å². The van der Waals surface area contributed by atoms with Gasteiger partial charge < -0.3 is 9.84 Å². The molecule has 0 bridgehead atoms. The van der Waals surface area contributed by atoms with E-state index >= 15 is 0 Å². The van der Waals surface area contributed by atoms with Crippen LogP contribution in [-0.2, 0) is 6.54 Å². The van der Waals surface area contributed by atoms with Crippen LogP contribution in [0, 0.1) is 20.8 Å². The third kappa shape index (κ3) is 2.39. The largest absolute Gasteiger partial charge is 0.361 e. The third-order valence-electron chi connectivity index (χ3n) is 2.68. The van der Waals surface area contributed by atoms with Crippen LogP contribution in [0.1, 0.15) is 32.3 Å². The Labute approximate surface area is 104 Å². The summed E-state index contributed by atoms with van der Waals surface area (Å²) in [5, 5.41) is 8.65. The Bertz CT molecular complexity index is 523. The highest BCUT2D eigenvalue weighted by Gasteiger charge is 2.13. The van der Waals surface area contributed by atoms with E-state index < -0.39 is 0 Å². The van der Waals surface area contributed by atoms with Crippen molar-refractivity contribution < 1.29 is 9.32 Å². The number of carbonyl (C=O) groups is 1. The Hall–Kier alpha value is -1.62. The molecule has 0 aliphatic carbocycles. The zero-order chi connectivity index (χ0) is 12.4. The summed E-state index contributed by atoms with van der Waals surface area (Å²) < 4.78 is 5.04. The fourth-order valence-corrected chi connectivity index (χ4v) is 2.45. The lowest BCUT2D eigenvalue weighted by atomic mass is 10.2. The summed E-state index contributed by atoms with van der Waals surface area (Å²) in [5.41, 5.74) is 2.78. The maximum atomic E-state index is 11.9. The molecule has 90 valence electrons. The second kappa shape index (κ2) is 4.71. The normalized spacial score (nSPS) is 10.5. The minimum Gasteiger partial charge on any atom is -0.361 e. The van der Waals surface area contributed by atoms with E-state index in [1.165, 1.54) is 11.3 Å². The molecule has 2 rings (SSSR count). The molecule has 2 aromatic heterocycles. The lowest BCUT2D eigenvalue weighted by Crippen LogP contribution is -2.23. The van der Waals surface area contributed by atoms with Gasteiger partial charge in [0.15, 0.2) is 0 Å². The van der Waals surface area contributed by atoms with Gasteiger partial charge in [0.1, 0.15) is 5.76 Å². The van der Waals surface area contributed by atoms with Crippen LogP contribution in [0.15, 0.2) is 16.0 Å². The molecule has 1 N–H and O–H groups in total. The van der Waals surface area contributed by atoms with Crippen LogP contribution < -0.4 is 5.32 Å². The van der Waals surface area contributed by atoms with Gasteiger partial charge in [0, 0.05) is 12.1 Å². The molecule has 0 saturated carbocycles. The van der Waals surface area contributed by atoms with Crippen molar-refractivity contribution >= 4 is 17.2 Å². The zero-order valence-corrected chi connectivity index (χ0v) is 10.9. The molecule has 0 fully saturated rings. The standard InChI is InChI=1S/C12H14N2O2S/c1-7-4-5-17-11(7)12(15)13-6-10-8(2)14-16-9(10)3/h4-5H,6H2,1-3H3,(H,13,15). The summed E-state index contributed by atoms with van der Waals surface area (Å²) in [5.74, 6) is 0.711. The summed E-state index contributed by atoms with van der Waals surface area (Å²) in [6.07, 6.45) is 0. The Morgan fingerprint density at radius 3 is 2.76 bits per heavy atom. The number of aryl methyl sites for hydroxylation is 3. The Morgan fingerprint density at radius 1 is 1.47 bits per heavy atom. The van der Waals surface area contributed by atoms with Crippen molar-refractivity contribution in [2.45, 2.75) is 27.3 Å². The van der Waals surface area contributed by atoms with Gasteiger partial charge in [0.05, 0.1) is 10.6 Å². The molecule has 1 amide bonds. The number of thiophene rings is 1. The molecular weight excluding hydrogens is 236 g/mol. The first-order chi connectivity index (χ1) is 8.09. The minimum absolute atomic E-state index is 0.0440. The average Bonchev–Trinajstić information content (AvgIpc) is 2.84. The first kappa shape index (κ1) is 11.9. The van der Waals surface area contributed by atoms with Crippen molar-refractivity contribution in [3.63, 3.8) is 0 Å². The molecule has 0 unspecified atom stereocenters. The number of nitrogens with zero attached hydrogens (tertiary/aromatic N) is 1. The first-order valence-electron chi connectivity index (χ1n) is 5.33. The molecule has 0 radical (unpaired) electrons. The summed E-state index contributed by atoms with van der Waals surface area (Å²) in [6.45, 7) is 6.10. The Balaban J connectivity index is 2.05. The van der Waals surface area contributed by atoms with E-state index in [1.54, 1.807) is 0 Å². The molecule has 0 atom stereocenters. The van der Waals surface area contributed by atoms with Crippen LogP contribution in [-0.4, -0.2) is 11.1 Å². The molecule has 0 spiro atoms. The van der Waals surface area contributed by atoms with Crippen molar-refractivity contribution in [3.05, 3.63) is 38.9 Å². The predicted octanol–water partition coefficient (Wildman–Crippen LogP) is 2.59. The van der Waals surface area contributed by atoms with Crippen LogP contribution >= 0.6 is 11.3 Å². The monoisotopic (exact) mass is 250 g/mol. The molecule has 2 aromatic rings. The van der Waals surface area contributed by atoms with E-state index in [2.05, 4.69) is 10.5 Å². The predicted molar refractivity (Wildman–Crippen MR) is 66.2 cm³/mol. The van der Waals surface area contributed by atoms with Crippen molar-refractivity contribution in [2.75, 3.05) is 0 Å². The molecule has 0 aromatic carbocycles. The number of rotatable bonds is 3. The lowest BCUT2D eigenvalue weighted by Gasteiger charge is -2.03. The van der Waals surface area contributed by atoms with Gasteiger partial charge in [-0.1, -0.05) is 5.16 Å². The van der Waals surface area contributed by atoms with Gasteiger partial charge in [-0.15, -0.1) is 11.3 Å². The highest BCUT2D eigenvalue weighted by Crippen LogP contribution is 2.16. The van der Waals surface area contributed by atoms with E-state index in [9.17, 15) is 4.79 Å². The van der Waals surface area contributed by atoms with E-state index in [0.717, 1.165) is 27.5 Å². The van der Waals surface area contributed by atoms with Gasteiger partial charge in [-0.05, 0) is 37.8 Å². The quantitative estimate of drug-likeness (QED) is 0.911.